The lowest BCUT2D eigenvalue weighted by atomic mass is 9.86. The van der Waals surface area contributed by atoms with E-state index in [1.54, 1.807) is 0 Å². The molecule has 2 unspecified atom stereocenters. The van der Waals surface area contributed by atoms with Crippen LogP contribution in [0.2, 0.25) is 0 Å². The number of anilines is 2. The fraction of sp³-hybridized carbons (Fsp3) is 0.480. The van der Waals surface area contributed by atoms with E-state index in [2.05, 4.69) is 142 Å². The van der Waals surface area contributed by atoms with Gasteiger partial charge >= 0.3 is 7.69 Å². The van der Waals surface area contributed by atoms with Gasteiger partial charge < -0.3 is 29.4 Å². The van der Waals surface area contributed by atoms with Crippen LogP contribution in [0, 0.1) is 38.5 Å². The van der Waals surface area contributed by atoms with Crippen molar-refractivity contribution in [1.29, 1.82) is 0 Å². The van der Waals surface area contributed by atoms with Gasteiger partial charge in [0.25, 0.3) is 0 Å². The summed E-state index contributed by atoms with van der Waals surface area (Å²) in [6, 6.07) is 17.5. The number of benzene rings is 4. The second kappa shape index (κ2) is 17.0. The van der Waals surface area contributed by atoms with E-state index in [4.69, 9.17) is 18.8 Å². The van der Waals surface area contributed by atoms with Gasteiger partial charge in [0, 0.05) is 46.9 Å². The highest BCUT2D eigenvalue weighted by atomic mass is 16.6. The number of amides is 2. The quantitative estimate of drug-likeness (QED) is 0.139. The van der Waals surface area contributed by atoms with E-state index in [1.165, 1.54) is 11.1 Å². The van der Waals surface area contributed by atoms with Gasteiger partial charge in [0.1, 0.15) is 11.5 Å². The summed E-state index contributed by atoms with van der Waals surface area (Å²) >= 11 is 0. The average Bonchev–Trinajstić information content (AvgIpc) is 3.79. The summed E-state index contributed by atoms with van der Waals surface area (Å²) in [5.41, 5.74) is 11.4. The van der Waals surface area contributed by atoms with Crippen molar-refractivity contribution in [3.05, 3.63) is 104 Å². The lowest BCUT2D eigenvalue weighted by Crippen LogP contribution is -2.22. The number of ether oxygens (including phenoxy) is 2. The van der Waals surface area contributed by atoms with Crippen molar-refractivity contribution < 1.29 is 28.4 Å². The molecule has 6 rings (SSSR count). The lowest BCUT2D eigenvalue weighted by Gasteiger charge is -2.24. The monoisotopic (exact) mass is 800 g/mol. The molecule has 0 saturated heterocycles. The van der Waals surface area contributed by atoms with E-state index in [9.17, 15) is 9.59 Å². The molecule has 2 N–H and O–H groups in total. The standard InChI is InChI=1S/C50H65BN2O6/c1-27(2)33-15-19-35(20-16-33)37-25-56-47-41(37)29(5)43(52-39(54)23-49(9,10)11)31(7)45(47)58-51-59-46-32(8)44(53-40(55)24-50(12,13)14)30(6)42-38(26-57-48(42)46)36-21-17-34(18-22-36)28(3)4/h15-22,27-28,37-38,51H,23-26H2,1-14H3,(H,52,54)(H,53,55). The van der Waals surface area contributed by atoms with Crippen LogP contribution in [0.1, 0.15) is 161 Å². The predicted octanol–water partition coefficient (Wildman–Crippen LogP) is 11.7. The number of carbonyl (C=O) groups excluding carboxylic acids is 2. The van der Waals surface area contributed by atoms with Crippen molar-refractivity contribution in [3.63, 3.8) is 0 Å². The van der Waals surface area contributed by atoms with E-state index >= 15 is 0 Å². The van der Waals surface area contributed by atoms with Gasteiger partial charge in [-0.05, 0) is 83.7 Å². The van der Waals surface area contributed by atoms with Gasteiger partial charge in [-0.2, -0.15) is 0 Å². The molecule has 0 fully saturated rings. The Balaban J connectivity index is 1.39. The summed E-state index contributed by atoms with van der Waals surface area (Å²) in [4.78, 5) is 27.0. The van der Waals surface area contributed by atoms with Crippen LogP contribution in [-0.4, -0.2) is 32.7 Å². The van der Waals surface area contributed by atoms with Crippen LogP contribution in [-0.2, 0) is 9.59 Å². The van der Waals surface area contributed by atoms with Crippen LogP contribution in [0.3, 0.4) is 0 Å². The number of carbonyl (C=O) groups is 2. The van der Waals surface area contributed by atoms with Crippen molar-refractivity contribution in [2.75, 3.05) is 23.8 Å². The minimum Gasteiger partial charge on any atom is -0.526 e. The fourth-order valence-corrected chi connectivity index (χ4v) is 8.56. The van der Waals surface area contributed by atoms with Crippen molar-refractivity contribution in [2.45, 2.75) is 133 Å². The number of nitrogens with one attached hydrogen (secondary N) is 2. The highest BCUT2D eigenvalue weighted by Crippen LogP contribution is 2.53. The van der Waals surface area contributed by atoms with E-state index in [1.807, 2.05) is 13.8 Å². The summed E-state index contributed by atoms with van der Waals surface area (Å²) in [6.45, 7) is 30.1. The highest BCUT2D eigenvalue weighted by molar-refractivity contribution is 6.21. The topological polar surface area (TPSA) is 95.1 Å². The summed E-state index contributed by atoms with van der Waals surface area (Å²) in [7, 11) is -0.161. The highest BCUT2D eigenvalue weighted by Gasteiger charge is 2.37. The van der Waals surface area contributed by atoms with Gasteiger partial charge in [-0.15, -0.1) is 0 Å². The molecule has 2 atom stereocenters. The third kappa shape index (κ3) is 9.45. The molecule has 0 bridgehead atoms. The zero-order chi connectivity index (χ0) is 43.1. The Kier molecular flexibility index (Phi) is 12.6. The SMILES string of the molecule is Cc1c(NC(=O)CC(C)(C)C)c(C)c2c(c1OBOc1c(C)c(NC(=O)CC(C)(C)C)c(C)c3c1OCC3c1ccc(C(C)C)cc1)OCC2c1ccc(C(C)C)cc1. The third-order valence-electron chi connectivity index (χ3n) is 11.7. The molecule has 2 aliphatic rings. The van der Waals surface area contributed by atoms with Crippen LogP contribution < -0.4 is 29.4 Å². The van der Waals surface area contributed by atoms with Crippen molar-refractivity contribution in [2.24, 2.45) is 10.8 Å². The van der Waals surface area contributed by atoms with E-state index in [-0.39, 0.29) is 42.2 Å². The van der Waals surface area contributed by atoms with Crippen LogP contribution in [0.15, 0.2) is 48.5 Å². The van der Waals surface area contributed by atoms with Gasteiger partial charge in [0.05, 0.1) is 24.6 Å². The second-order valence-electron chi connectivity index (χ2n) is 19.7. The summed E-state index contributed by atoms with van der Waals surface area (Å²) in [6.07, 6.45) is 0.738. The second-order valence-corrected chi connectivity index (χ2v) is 19.7. The van der Waals surface area contributed by atoms with Gasteiger partial charge in [0.15, 0.2) is 11.5 Å². The Morgan fingerprint density at radius 1 is 0.610 bits per heavy atom. The maximum atomic E-state index is 13.5. The molecule has 8 nitrogen and oxygen atoms in total. The molecule has 2 aliphatic heterocycles. The Hall–Kier alpha value is -4.92. The first-order chi connectivity index (χ1) is 27.6. The third-order valence-corrected chi connectivity index (χ3v) is 11.7. The van der Waals surface area contributed by atoms with Crippen LogP contribution in [0.4, 0.5) is 11.4 Å². The Morgan fingerprint density at radius 3 is 1.25 bits per heavy atom. The number of hydrogen-bond acceptors (Lipinski definition) is 6. The number of hydrogen-bond donors (Lipinski definition) is 2. The number of fused-ring (bicyclic) bond motifs is 2. The van der Waals surface area contributed by atoms with Crippen molar-refractivity contribution in [3.8, 4) is 23.0 Å². The Labute approximate surface area is 353 Å². The maximum absolute atomic E-state index is 13.5. The van der Waals surface area contributed by atoms with E-state index in [0.29, 0.717) is 60.9 Å². The van der Waals surface area contributed by atoms with Crippen LogP contribution in [0.25, 0.3) is 0 Å². The summed E-state index contributed by atoms with van der Waals surface area (Å²) in [5.74, 6) is 3.03. The van der Waals surface area contributed by atoms with Crippen molar-refractivity contribution in [1.82, 2.24) is 0 Å². The largest absolute Gasteiger partial charge is 0.576 e. The summed E-state index contributed by atoms with van der Waals surface area (Å²) in [5, 5.41) is 6.51. The van der Waals surface area contributed by atoms with Crippen LogP contribution >= 0.6 is 0 Å². The molecule has 0 radical (unpaired) electrons. The minimum atomic E-state index is -0.185. The first-order valence-electron chi connectivity index (χ1n) is 21.3. The van der Waals surface area contributed by atoms with Gasteiger partial charge in [-0.3, -0.25) is 9.59 Å². The van der Waals surface area contributed by atoms with E-state index in [0.717, 1.165) is 55.9 Å². The van der Waals surface area contributed by atoms with Crippen molar-refractivity contribution >= 4 is 30.9 Å². The summed E-state index contributed by atoms with van der Waals surface area (Å²) < 4.78 is 26.3. The Bertz CT molecular complexity index is 2050. The average molecular weight is 801 g/mol. The van der Waals surface area contributed by atoms with Gasteiger partial charge in [-0.1, -0.05) is 118 Å². The Morgan fingerprint density at radius 2 is 0.949 bits per heavy atom. The molecule has 314 valence electrons. The normalized spacial score (nSPS) is 16.0. The molecule has 4 aromatic carbocycles. The molecule has 9 heteroatoms. The lowest BCUT2D eigenvalue weighted by molar-refractivity contribution is -0.118. The molecule has 2 amide bonds. The smallest absolute Gasteiger partial charge is 0.526 e. The molecular weight excluding hydrogens is 735 g/mol. The fourth-order valence-electron chi connectivity index (χ4n) is 8.56. The molecular formula is C50H65BN2O6. The van der Waals surface area contributed by atoms with E-state index < -0.39 is 0 Å². The molecule has 0 spiro atoms. The van der Waals surface area contributed by atoms with Crippen LogP contribution in [0.5, 0.6) is 23.0 Å². The molecule has 2 heterocycles. The maximum Gasteiger partial charge on any atom is 0.576 e. The first kappa shape index (κ1) is 43.7. The molecule has 0 aliphatic carbocycles. The molecule has 0 aromatic heterocycles. The molecule has 0 saturated carbocycles. The molecule has 4 aromatic rings. The predicted molar refractivity (Wildman–Crippen MR) is 241 cm³/mol. The van der Waals surface area contributed by atoms with Gasteiger partial charge in [0.2, 0.25) is 11.8 Å². The minimum absolute atomic E-state index is 0.0461. The van der Waals surface area contributed by atoms with Gasteiger partial charge in [-0.25, -0.2) is 0 Å². The number of rotatable bonds is 12. The first-order valence-corrected chi connectivity index (χ1v) is 21.3. The zero-order valence-corrected chi connectivity index (χ0v) is 37.9. The molecule has 59 heavy (non-hydrogen) atoms. The zero-order valence-electron chi connectivity index (χ0n) is 37.9.